The molecule has 0 aliphatic rings. The highest BCUT2D eigenvalue weighted by molar-refractivity contribution is 7.18. The Hall–Kier alpha value is -4.27. The average Bonchev–Trinajstić information content (AvgIpc) is 3.36. The highest BCUT2D eigenvalue weighted by Gasteiger charge is 2.29. The lowest BCUT2D eigenvalue weighted by Crippen LogP contribution is -2.48. The normalized spacial score (nSPS) is 12.8. The summed E-state index contributed by atoms with van der Waals surface area (Å²) in [6.45, 7) is 2.04. The van der Waals surface area contributed by atoms with Crippen LogP contribution >= 0.6 is 11.3 Å². The number of carboxylic acids is 1. The van der Waals surface area contributed by atoms with Crippen molar-refractivity contribution >= 4 is 44.2 Å². The summed E-state index contributed by atoms with van der Waals surface area (Å²) < 4.78 is 13.0. The maximum Gasteiger partial charge on any atom is 0.328 e. The van der Waals surface area contributed by atoms with Crippen molar-refractivity contribution in [3.63, 3.8) is 0 Å². The Labute approximate surface area is 223 Å². The molecule has 0 aliphatic carbocycles. The molecule has 0 saturated heterocycles. The number of nitrogens with zero attached hydrogens (tertiary/aromatic N) is 1. The maximum atomic E-state index is 13.4. The molecule has 0 aliphatic heterocycles. The lowest BCUT2D eigenvalue weighted by Gasteiger charge is -2.23. The van der Waals surface area contributed by atoms with Gasteiger partial charge in [-0.3, -0.25) is 4.79 Å². The van der Waals surface area contributed by atoms with E-state index in [1.165, 1.54) is 11.3 Å². The number of amides is 1. The van der Waals surface area contributed by atoms with Crippen molar-refractivity contribution in [2.24, 2.45) is 0 Å². The van der Waals surface area contributed by atoms with Gasteiger partial charge in [-0.05, 0) is 36.1 Å². The van der Waals surface area contributed by atoms with E-state index in [0.29, 0.717) is 5.75 Å². The highest BCUT2D eigenvalue weighted by Crippen LogP contribution is 2.32. The zero-order chi connectivity index (χ0) is 26.5. The Morgan fingerprint density at radius 2 is 1.66 bits per heavy atom. The third kappa shape index (κ3) is 5.66. The van der Waals surface area contributed by atoms with Gasteiger partial charge in [0.15, 0.2) is 6.04 Å². The summed E-state index contributed by atoms with van der Waals surface area (Å²) >= 11 is 1.53. The van der Waals surface area contributed by atoms with Gasteiger partial charge in [0.1, 0.15) is 17.4 Å². The molecule has 4 aromatic carbocycles. The van der Waals surface area contributed by atoms with Gasteiger partial charge in [0.05, 0.1) is 28.5 Å². The second-order valence-corrected chi connectivity index (χ2v) is 9.93. The smallest absolute Gasteiger partial charge is 0.328 e. The Kier molecular flexibility index (Phi) is 7.62. The van der Waals surface area contributed by atoms with E-state index in [2.05, 4.69) is 10.3 Å². The molecule has 0 fully saturated rings. The molecule has 38 heavy (non-hydrogen) atoms. The van der Waals surface area contributed by atoms with E-state index in [1.54, 1.807) is 13.0 Å². The molecule has 8 heteroatoms. The summed E-state index contributed by atoms with van der Waals surface area (Å²) in [5.41, 5.74) is 2.04. The standard InChI is InChI=1S/C30H26N2O5S/c1-19(36-17-20-9-3-2-4-10-20)27(30(34)35)32-29(33)23-16-15-21-11-5-6-12-22(21)28(23)37-18-26-31-24-13-7-8-14-25(24)38-26/h2-16,19,27H,17-18H2,1H3,(H,32,33)(H,34,35)/t19-,27+/m1/s1. The quantitative estimate of drug-likeness (QED) is 0.238. The topological polar surface area (TPSA) is 97.8 Å². The number of para-hydroxylation sites is 1. The number of carboxylic acid groups (broad SMARTS) is 1. The number of carbonyl (C=O) groups is 2. The molecule has 2 N–H and O–H groups in total. The van der Waals surface area contributed by atoms with Crippen LogP contribution in [0, 0.1) is 0 Å². The molecule has 0 saturated carbocycles. The molecular weight excluding hydrogens is 500 g/mol. The maximum absolute atomic E-state index is 13.4. The third-order valence-corrected chi connectivity index (χ3v) is 7.19. The van der Waals surface area contributed by atoms with Crippen molar-refractivity contribution < 1.29 is 24.2 Å². The van der Waals surface area contributed by atoms with Crippen molar-refractivity contribution in [1.29, 1.82) is 0 Å². The van der Waals surface area contributed by atoms with Crippen molar-refractivity contribution in [2.75, 3.05) is 0 Å². The summed E-state index contributed by atoms with van der Waals surface area (Å²) in [4.78, 5) is 30.1. The van der Waals surface area contributed by atoms with Gasteiger partial charge in [-0.2, -0.15) is 0 Å². The third-order valence-electron chi connectivity index (χ3n) is 6.18. The number of rotatable bonds is 10. The van der Waals surface area contributed by atoms with Gasteiger partial charge in [-0.25, -0.2) is 9.78 Å². The van der Waals surface area contributed by atoms with Crippen molar-refractivity contribution in [2.45, 2.75) is 32.3 Å². The van der Waals surface area contributed by atoms with Crippen LogP contribution in [0.1, 0.15) is 27.9 Å². The SMILES string of the molecule is C[C@@H](OCc1ccccc1)[C@H](NC(=O)c1ccc2ccccc2c1OCc1nc2ccccc2s1)C(=O)O. The number of fused-ring (bicyclic) bond motifs is 2. The van der Waals surface area contributed by atoms with Gasteiger partial charge in [-0.15, -0.1) is 11.3 Å². The van der Waals surface area contributed by atoms with Crippen LogP contribution in [0.25, 0.3) is 21.0 Å². The van der Waals surface area contributed by atoms with Gasteiger partial charge < -0.3 is 19.9 Å². The molecular formula is C30H26N2O5S. The number of nitrogens with one attached hydrogen (secondary N) is 1. The minimum atomic E-state index is -1.25. The fourth-order valence-corrected chi connectivity index (χ4v) is 5.07. The molecule has 1 aromatic heterocycles. The lowest BCUT2D eigenvalue weighted by atomic mass is 10.0. The van der Waals surface area contributed by atoms with Crippen molar-refractivity contribution in [3.8, 4) is 5.75 Å². The Morgan fingerprint density at radius 3 is 2.45 bits per heavy atom. The molecule has 7 nitrogen and oxygen atoms in total. The van der Waals surface area contributed by atoms with Gasteiger partial charge in [0, 0.05) is 5.39 Å². The van der Waals surface area contributed by atoms with Crippen molar-refractivity contribution in [1.82, 2.24) is 10.3 Å². The number of hydrogen-bond donors (Lipinski definition) is 2. The highest BCUT2D eigenvalue weighted by atomic mass is 32.1. The fourth-order valence-electron chi connectivity index (χ4n) is 4.19. The second kappa shape index (κ2) is 11.4. The Balaban J connectivity index is 1.38. The van der Waals surface area contributed by atoms with E-state index >= 15 is 0 Å². The molecule has 0 unspecified atom stereocenters. The molecule has 0 radical (unpaired) electrons. The first-order valence-electron chi connectivity index (χ1n) is 12.2. The lowest BCUT2D eigenvalue weighted by molar-refractivity contribution is -0.143. The predicted octanol–water partition coefficient (Wildman–Crippen LogP) is 5.82. The largest absolute Gasteiger partial charge is 0.485 e. The Morgan fingerprint density at radius 1 is 0.921 bits per heavy atom. The zero-order valence-corrected chi connectivity index (χ0v) is 21.5. The summed E-state index contributed by atoms with van der Waals surface area (Å²) in [6.07, 6.45) is -0.774. The Bertz CT molecular complexity index is 1550. The number of thiazole rings is 1. The first kappa shape index (κ1) is 25.4. The van der Waals surface area contributed by atoms with Crippen LogP contribution in [0.5, 0.6) is 5.75 Å². The average molecular weight is 527 g/mol. The van der Waals surface area contributed by atoms with E-state index in [0.717, 1.165) is 31.6 Å². The second-order valence-electron chi connectivity index (χ2n) is 8.82. The molecule has 1 amide bonds. The van der Waals surface area contributed by atoms with Gasteiger partial charge >= 0.3 is 5.97 Å². The molecule has 2 atom stereocenters. The molecule has 0 bridgehead atoms. The molecule has 5 aromatic rings. The van der Waals surface area contributed by atoms with Gasteiger partial charge in [0.25, 0.3) is 5.91 Å². The number of aromatic nitrogens is 1. The summed E-state index contributed by atoms with van der Waals surface area (Å²) in [5, 5.41) is 14.9. The summed E-state index contributed by atoms with van der Waals surface area (Å²) in [7, 11) is 0. The van der Waals surface area contributed by atoms with E-state index in [-0.39, 0.29) is 18.8 Å². The number of hydrogen-bond acceptors (Lipinski definition) is 6. The summed E-state index contributed by atoms with van der Waals surface area (Å²) in [6, 6.07) is 27.1. The van der Waals surface area contributed by atoms with Crippen molar-refractivity contribution in [3.05, 3.63) is 107 Å². The van der Waals surface area contributed by atoms with Crippen LogP contribution in [0.15, 0.2) is 91.0 Å². The van der Waals surface area contributed by atoms with Gasteiger partial charge in [0.2, 0.25) is 0 Å². The minimum Gasteiger partial charge on any atom is -0.485 e. The monoisotopic (exact) mass is 526 g/mol. The van der Waals surface area contributed by atoms with Crippen LogP contribution in [-0.2, 0) is 22.7 Å². The van der Waals surface area contributed by atoms with Crippen LogP contribution in [-0.4, -0.2) is 34.1 Å². The number of ether oxygens (including phenoxy) is 2. The summed E-state index contributed by atoms with van der Waals surface area (Å²) in [5.74, 6) is -1.36. The van der Waals surface area contributed by atoms with Crippen LogP contribution < -0.4 is 10.1 Å². The minimum absolute atomic E-state index is 0.173. The van der Waals surface area contributed by atoms with E-state index in [1.807, 2.05) is 84.9 Å². The molecule has 1 heterocycles. The number of carbonyl (C=O) groups excluding carboxylic acids is 1. The molecule has 192 valence electrons. The number of benzene rings is 4. The molecule has 5 rings (SSSR count). The van der Waals surface area contributed by atoms with Crippen LogP contribution in [0.2, 0.25) is 0 Å². The van der Waals surface area contributed by atoms with Crippen LogP contribution in [0.3, 0.4) is 0 Å². The van der Waals surface area contributed by atoms with E-state index in [9.17, 15) is 14.7 Å². The zero-order valence-electron chi connectivity index (χ0n) is 20.7. The van der Waals surface area contributed by atoms with E-state index < -0.39 is 24.0 Å². The predicted molar refractivity (Wildman–Crippen MR) is 147 cm³/mol. The molecule has 0 spiro atoms. The fraction of sp³-hybridized carbons (Fsp3) is 0.167. The van der Waals surface area contributed by atoms with Crippen LogP contribution in [0.4, 0.5) is 0 Å². The first-order valence-corrected chi connectivity index (χ1v) is 13.0. The number of aliphatic carboxylic acids is 1. The van der Waals surface area contributed by atoms with E-state index in [4.69, 9.17) is 9.47 Å². The van der Waals surface area contributed by atoms with Gasteiger partial charge in [-0.1, -0.05) is 72.8 Å². The first-order chi connectivity index (χ1) is 18.5.